The first-order chi connectivity index (χ1) is 9.53. The van der Waals surface area contributed by atoms with E-state index in [1.807, 2.05) is 11.1 Å². The summed E-state index contributed by atoms with van der Waals surface area (Å²) in [7, 11) is 0. The van der Waals surface area contributed by atoms with Crippen LogP contribution in [0.4, 0.5) is 0 Å². The fraction of sp³-hybridized carbons (Fsp3) is 0.895. The summed E-state index contributed by atoms with van der Waals surface area (Å²) in [5.41, 5.74) is 4.84. The van der Waals surface area contributed by atoms with Crippen LogP contribution >= 0.6 is 0 Å². The van der Waals surface area contributed by atoms with Crippen LogP contribution in [-0.4, -0.2) is 11.2 Å². The molecule has 4 aliphatic carbocycles. The predicted octanol–water partition coefficient (Wildman–Crippen LogP) is 4.84. The summed E-state index contributed by atoms with van der Waals surface area (Å²) in [6, 6.07) is 0. The van der Waals surface area contributed by atoms with Crippen LogP contribution in [0.2, 0.25) is 0 Å². The van der Waals surface area contributed by atoms with Crippen LogP contribution in [0.3, 0.4) is 0 Å². The minimum absolute atomic E-state index is 0.0180. The van der Waals surface area contributed by atoms with E-state index in [-0.39, 0.29) is 6.10 Å². The second-order valence-electron chi connectivity index (χ2n) is 8.68. The summed E-state index contributed by atoms with van der Waals surface area (Å²) < 4.78 is 0. The molecule has 4 aliphatic rings. The lowest BCUT2D eigenvalue weighted by Crippen LogP contribution is -2.44. The largest absolute Gasteiger partial charge is 0.393 e. The van der Waals surface area contributed by atoms with E-state index >= 15 is 0 Å². The van der Waals surface area contributed by atoms with Gasteiger partial charge in [0.15, 0.2) is 0 Å². The van der Waals surface area contributed by atoms with E-state index in [9.17, 15) is 5.11 Å². The molecule has 0 aromatic rings. The zero-order valence-corrected chi connectivity index (χ0v) is 13.3. The highest BCUT2D eigenvalue weighted by Gasteiger charge is 2.51. The Morgan fingerprint density at radius 1 is 1.00 bits per heavy atom. The second kappa shape index (κ2) is 4.35. The molecule has 0 spiro atoms. The molecule has 0 amide bonds. The Morgan fingerprint density at radius 2 is 1.85 bits per heavy atom. The van der Waals surface area contributed by atoms with Crippen molar-refractivity contribution in [3.8, 4) is 0 Å². The minimum atomic E-state index is -0.0180. The molecule has 4 unspecified atom stereocenters. The third kappa shape index (κ3) is 1.71. The first kappa shape index (κ1) is 13.4. The van der Waals surface area contributed by atoms with Crippen molar-refractivity contribution in [3.63, 3.8) is 0 Å². The zero-order valence-electron chi connectivity index (χ0n) is 13.3. The first-order valence-corrected chi connectivity index (χ1v) is 8.93. The van der Waals surface area contributed by atoms with Crippen molar-refractivity contribution in [2.45, 2.75) is 84.2 Å². The summed E-state index contributed by atoms with van der Waals surface area (Å²) in [5.74, 6) is 1.67. The molecule has 0 aromatic heterocycles. The first-order valence-electron chi connectivity index (χ1n) is 8.93. The maximum absolute atomic E-state index is 10.0. The maximum atomic E-state index is 10.0. The van der Waals surface area contributed by atoms with Crippen LogP contribution in [0, 0.1) is 22.7 Å². The molecule has 2 fully saturated rings. The SMILES string of the molecule is CC12CCCC1C1=C(CC2)C2(C)CCC(O)C[C@@H]2CC1. The van der Waals surface area contributed by atoms with Gasteiger partial charge in [0.2, 0.25) is 0 Å². The summed E-state index contributed by atoms with van der Waals surface area (Å²) in [6.07, 6.45) is 13.2. The molecular formula is C19H30O. The van der Waals surface area contributed by atoms with Crippen molar-refractivity contribution in [3.05, 3.63) is 11.1 Å². The molecule has 0 radical (unpaired) electrons. The average molecular weight is 274 g/mol. The van der Waals surface area contributed by atoms with Crippen molar-refractivity contribution in [2.75, 3.05) is 0 Å². The van der Waals surface area contributed by atoms with Gasteiger partial charge in [-0.1, -0.05) is 31.4 Å². The average Bonchev–Trinajstić information content (AvgIpc) is 2.81. The van der Waals surface area contributed by atoms with Gasteiger partial charge in [-0.15, -0.1) is 0 Å². The van der Waals surface area contributed by atoms with Crippen LogP contribution in [0.1, 0.15) is 78.1 Å². The molecule has 1 heteroatoms. The van der Waals surface area contributed by atoms with Crippen LogP contribution in [0.25, 0.3) is 0 Å². The van der Waals surface area contributed by atoms with E-state index in [2.05, 4.69) is 13.8 Å². The van der Waals surface area contributed by atoms with Gasteiger partial charge < -0.3 is 5.11 Å². The normalized spacial score (nSPS) is 51.5. The van der Waals surface area contributed by atoms with Gasteiger partial charge in [0.05, 0.1) is 6.10 Å². The Kier molecular flexibility index (Phi) is 2.91. The quantitative estimate of drug-likeness (QED) is 0.626. The Balaban J connectivity index is 1.73. The third-order valence-electron chi connectivity index (χ3n) is 7.74. The van der Waals surface area contributed by atoms with Gasteiger partial charge in [0.25, 0.3) is 0 Å². The van der Waals surface area contributed by atoms with Gasteiger partial charge in [0.1, 0.15) is 0 Å². The lowest BCUT2D eigenvalue weighted by molar-refractivity contribution is 0.0185. The number of aliphatic hydroxyl groups excluding tert-OH is 1. The minimum Gasteiger partial charge on any atom is -0.393 e. The summed E-state index contributed by atoms with van der Waals surface area (Å²) in [6.45, 7) is 5.10. The Bertz CT molecular complexity index is 451. The molecule has 0 heterocycles. The van der Waals surface area contributed by atoms with Crippen molar-refractivity contribution in [2.24, 2.45) is 22.7 Å². The van der Waals surface area contributed by atoms with Crippen LogP contribution in [0.5, 0.6) is 0 Å². The molecule has 0 aromatic carbocycles. The summed E-state index contributed by atoms with van der Waals surface area (Å²) in [4.78, 5) is 0. The standard InChI is InChI=1S/C19H30O/c1-18-9-3-4-16(18)15-6-5-13-12-14(20)7-11-19(13,2)17(15)8-10-18/h13-14,16,20H,3-12H2,1-2H3/t13-,14?,16?,18?,19?/m0/s1. The van der Waals surface area contributed by atoms with Crippen LogP contribution in [-0.2, 0) is 0 Å². The monoisotopic (exact) mass is 274 g/mol. The molecule has 5 atom stereocenters. The smallest absolute Gasteiger partial charge is 0.0543 e. The highest BCUT2D eigenvalue weighted by Crippen LogP contribution is 2.63. The highest BCUT2D eigenvalue weighted by atomic mass is 16.3. The van der Waals surface area contributed by atoms with Crippen molar-refractivity contribution < 1.29 is 5.11 Å². The Hall–Kier alpha value is -0.300. The van der Waals surface area contributed by atoms with Gasteiger partial charge in [-0.3, -0.25) is 0 Å². The molecule has 4 rings (SSSR count). The van der Waals surface area contributed by atoms with Crippen LogP contribution in [0.15, 0.2) is 11.1 Å². The van der Waals surface area contributed by atoms with Gasteiger partial charge in [-0.25, -0.2) is 0 Å². The molecular weight excluding hydrogens is 244 g/mol. The molecule has 1 nitrogen and oxygen atoms in total. The van der Waals surface area contributed by atoms with Crippen molar-refractivity contribution in [1.29, 1.82) is 0 Å². The molecule has 112 valence electrons. The van der Waals surface area contributed by atoms with E-state index in [1.165, 1.54) is 51.4 Å². The number of fused-ring (bicyclic) bond motifs is 4. The molecule has 1 N–H and O–H groups in total. The lowest BCUT2D eigenvalue weighted by atomic mass is 9.52. The topological polar surface area (TPSA) is 20.2 Å². The molecule has 20 heavy (non-hydrogen) atoms. The number of rotatable bonds is 0. The number of allylic oxidation sites excluding steroid dienone is 2. The Morgan fingerprint density at radius 3 is 2.70 bits per heavy atom. The van der Waals surface area contributed by atoms with Crippen molar-refractivity contribution in [1.82, 2.24) is 0 Å². The van der Waals surface area contributed by atoms with Crippen LogP contribution < -0.4 is 0 Å². The van der Waals surface area contributed by atoms with E-state index < -0.39 is 0 Å². The zero-order chi connectivity index (χ0) is 14.0. The third-order valence-corrected chi connectivity index (χ3v) is 7.74. The summed E-state index contributed by atoms with van der Waals surface area (Å²) >= 11 is 0. The van der Waals surface area contributed by atoms with Gasteiger partial charge in [-0.2, -0.15) is 0 Å². The van der Waals surface area contributed by atoms with Gasteiger partial charge in [0, 0.05) is 0 Å². The van der Waals surface area contributed by atoms with E-state index in [4.69, 9.17) is 0 Å². The molecule has 0 saturated heterocycles. The predicted molar refractivity (Wildman–Crippen MR) is 82.4 cm³/mol. The summed E-state index contributed by atoms with van der Waals surface area (Å²) in [5, 5.41) is 10.0. The fourth-order valence-electron chi connectivity index (χ4n) is 6.43. The van der Waals surface area contributed by atoms with Gasteiger partial charge >= 0.3 is 0 Å². The molecule has 0 bridgehead atoms. The fourth-order valence-corrected chi connectivity index (χ4v) is 6.43. The second-order valence-corrected chi connectivity index (χ2v) is 8.68. The lowest BCUT2D eigenvalue weighted by Gasteiger charge is -2.54. The van der Waals surface area contributed by atoms with Crippen molar-refractivity contribution >= 4 is 0 Å². The van der Waals surface area contributed by atoms with E-state index in [0.717, 1.165) is 24.7 Å². The number of aliphatic hydroxyl groups is 1. The highest BCUT2D eigenvalue weighted by molar-refractivity contribution is 5.33. The molecule has 0 aliphatic heterocycles. The van der Waals surface area contributed by atoms with E-state index in [0.29, 0.717) is 10.8 Å². The molecule has 2 saturated carbocycles. The van der Waals surface area contributed by atoms with E-state index in [1.54, 1.807) is 0 Å². The maximum Gasteiger partial charge on any atom is 0.0543 e. The van der Waals surface area contributed by atoms with Gasteiger partial charge in [-0.05, 0) is 80.5 Å². The Labute approximate surface area is 123 Å². The number of hydrogen-bond acceptors (Lipinski definition) is 1. The number of hydrogen-bond donors (Lipinski definition) is 1.